The van der Waals surface area contributed by atoms with Gasteiger partial charge in [-0.25, -0.2) is 4.79 Å². The number of carbonyl (C=O) groups is 1. The molecule has 14 heavy (non-hydrogen) atoms. The van der Waals surface area contributed by atoms with Gasteiger partial charge in [0, 0.05) is 0 Å². The van der Waals surface area contributed by atoms with E-state index in [2.05, 4.69) is 0 Å². The summed E-state index contributed by atoms with van der Waals surface area (Å²) in [5.74, 6) is -1.34. The second kappa shape index (κ2) is 3.77. The van der Waals surface area contributed by atoms with Crippen LogP contribution in [0.25, 0.3) is 0 Å². The van der Waals surface area contributed by atoms with E-state index in [1.54, 1.807) is 0 Å². The lowest BCUT2D eigenvalue weighted by Gasteiger charge is -2.18. The molecule has 0 saturated heterocycles. The number of halogens is 2. The molecule has 0 aliphatic carbocycles. The fourth-order valence-corrected chi connectivity index (χ4v) is 1.22. The van der Waals surface area contributed by atoms with E-state index in [-0.39, 0.29) is 10.6 Å². The number of rotatable bonds is 2. The molecule has 2 N–H and O–H groups in total. The minimum Gasteiger partial charge on any atom is -0.479 e. The van der Waals surface area contributed by atoms with Gasteiger partial charge in [-0.1, -0.05) is 29.3 Å². The Morgan fingerprint density at radius 1 is 1.36 bits per heavy atom. The number of aliphatic carboxylic acids is 1. The summed E-state index contributed by atoms with van der Waals surface area (Å²) in [6, 6.07) is 4.19. The number of benzene rings is 1. The minimum atomic E-state index is -1.95. The Kier molecular flexibility index (Phi) is 3.04. The molecular weight excluding hydrogens is 227 g/mol. The summed E-state index contributed by atoms with van der Waals surface area (Å²) in [6.07, 6.45) is 0. The van der Waals surface area contributed by atoms with Crippen LogP contribution < -0.4 is 0 Å². The van der Waals surface area contributed by atoms with Crippen LogP contribution >= 0.6 is 23.2 Å². The third-order valence-electron chi connectivity index (χ3n) is 1.90. The van der Waals surface area contributed by atoms with E-state index < -0.39 is 11.6 Å². The standard InChI is InChI=1S/C9H8Cl2O3/c1-9(14,8(12)13)5-2-3-6(10)7(11)4-5/h2-4,14H,1H3,(H,12,13)/t9-/m0/s1. The molecule has 5 heteroatoms. The van der Waals surface area contributed by atoms with Crippen LogP contribution in [0, 0.1) is 0 Å². The second-order valence-electron chi connectivity index (χ2n) is 3.01. The van der Waals surface area contributed by atoms with E-state index in [0.29, 0.717) is 5.02 Å². The maximum atomic E-state index is 10.7. The molecule has 1 aromatic rings. The van der Waals surface area contributed by atoms with Crippen molar-refractivity contribution >= 4 is 29.2 Å². The molecule has 0 heterocycles. The predicted octanol–water partition coefficient (Wildman–Crippen LogP) is 2.29. The summed E-state index contributed by atoms with van der Waals surface area (Å²) in [6.45, 7) is 1.18. The van der Waals surface area contributed by atoms with E-state index in [0.717, 1.165) is 0 Å². The van der Waals surface area contributed by atoms with Gasteiger partial charge in [-0.05, 0) is 24.6 Å². The number of hydrogen-bond acceptors (Lipinski definition) is 2. The van der Waals surface area contributed by atoms with E-state index >= 15 is 0 Å². The van der Waals surface area contributed by atoms with Crippen LogP contribution in [0.2, 0.25) is 10.0 Å². The highest BCUT2D eigenvalue weighted by Gasteiger charge is 2.32. The summed E-state index contributed by atoms with van der Waals surface area (Å²) in [5, 5.41) is 18.8. The van der Waals surface area contributed by atoms with E-state index in [1.165, 1.54) is 25.1 Å². The highest BCUT2D eigenvalue weighted by atomic mass is 35.5. The first-order valence-corrected chi connectivity index (χ1v) is 4.52. The molecular formula is C9H8Cl2O3. The molecule has 0 radical (unpaired) electrons. The number of carboxylic acid groups (broad SMARTS) is 1. The molecule has 0 aliphatic rings. The minimum absolute atomic E-state index is 0.194. The van der Waals surface area contributed by atoms with Gasteiger partial charge in [-0.3, -0.25) is 0 Å². The van der Waals surface area contributed by atoms with Crippen molar-refractivity contribution in [3.05, 3.63) is 33.8 Å². The molecule has 0 spiro atoms. The monoisotopic (exact) mass is 234 g/mol. The Bertz CT molecular complexity index is 374. The molecule has 1 aromatic carbocycles. The Morgan fingerprint density at radius 3 is 2.36 bits per heavy atom. The fourth-order valence-electron chi connectivity index (χ4n) is 0.922. The van der Waals surface area contributed by atoms with Crippen molar-refractivity contribution in [2.24, 2.45) is 0 Å². The molecule has 0 fully saturated rings. The zero-order valence-electron chi connectivity index (χ0n) is 7.29. The number of carboxylic acids is 1. The van der Waals surface area contributed by atoms with E-state index in [9.17, 15) is 9.90 Å². The summed E-state index contributed by atoms with van der Waals surface area (Å²) in [7, 11) is 0. The van der Waals surface area contributed by atoms with Crippen molar-refractivity contribution in [1.82, 2.24) is 0 Å². The molecule has 0 amide bonds. The highest BCUT2D eigenvalue weighted by Crippen LogP contribution is 2.28. The molecule has 0 saturated carbocycles. The maximum absolute atomic E-state index is 10.7. The first-order valence-electron chi connectivity index (χ1n) is 3.77. The van der Waals surface area contributed by atoms with Crippen molar-refractivity contribution in [1.29, 1.82) is 0 Å². The molecule has 0 aliphatic heterocycles. The predicted molar refractivity (Wildman–Crippen MR) is 53.7 cm³/mol. The third kappa shape index (κ3) is 2.00. The first-order chi connectivity index (χ1) is 6.35. The van der Waals surface area contributed by atoms with Crippen molar-refractivity contribution in [2.75, 3.05) is 0 Å². The van der Waals surface area contributed by atoms with Crippen molar-refractivity contribution in [3.63, 3.8) is 0 Å². The smallest absolute Gasteiger partial charge is 0.340 e. The van der Waals surface area contributed by atoms with Gasteiger partial charge in [0.2, 0.25) is 0 Å². The Hall–Kier alpha value is -0.770. The Labute approximate surface area is 90.9 Å². The van der Waals surface area contributed by atoms with Gasteiger partial charge in [0.1, 0.15) is 0 Å². The number of aliphatic hydroxyl groups is 1. The van der Waals surface area contributed by atoms with Crippen LogP contribution in [0.15, 0.2) is 18.2 Å². The lowest BCUT2D eigenvalue weighted by atomic mass is 9.96. The van der Waals surface area contributed by atoms with Crippen LogP contribution in [0.5, 0.6) is 0 Å². The zero-order chi connectivity index (χ0) is 10.9. The normalized spacial score (nSPS) is 14.9. The third-order valence-corrected chi connectivity index (χ3v) is 2.64. The molecule has 1 atom stereocenters. The highest BCUT2D eigenvalue weighted by molar-refractivity contribution is 6.42. The van der Waals surface area contributed by atoms with Crippen LogP contribution in [0.1, 0.15) is 12.5 Å². The maximum Gasteiger partial charge on any atom is 0.340 e. The van der Waals surface area contributed by atoms with Crippen molar-refractivity contribution in [3.8, 4) is 0 Å². The van der Waals surface area contributed by atoms with Gasteiger partial charge >= 0.3 is 5.97 Å². The molecule has 0 aromatic heterocycles. The summed E-state index contributed by atoms with van der Waals surface area (Å²) < 4.78 is 0. The second-order valence-corrected chi connectivity index (χ2v) is 3.82. The van der Waals surface area contributed by atoms with Crippen LogP contribution in [0.3, 0.4) is 0 Å². The van der Waals surface area contributed by atoms with Gasteiger partial charge in [-0.15, -0.1) is 0 Å². The average molecular weight is 235 g/mol. The number of hydrogen-bond donors (Lipinski definition) is 2. The summed E-state index contributed by atoms with van der Waals surface area (Å²) in [5.41, 5.74) is -1.76. The molecule has 0 bridgehead atoms. The Morgan fingerprint density at radius 2 is 1.93 bits per heavy atom. The molecule has 3 nitrogen and oxygen atoms in total. The quantitative estimate of drug-likeness (QED) is 0.826. The molecule has 76 valence electrons. The lowest BCUT2D eigenvalue weighted by Crippen LogP contribution is -2.31. The van der Waals surface area contributed by atoms with Gasteiger partial charge in [0.25, 0.3) is 0 Å². The van der Waals surface area contributed by atoms with Gasteiger partial charge in [0.05, 0.1) is 10.0 Å². The molecule has 0 unspecified atom stereocenters. The fraction of sp³-hybridized carbons (Fsp3) is 0.222. The van der Waals surface area contributed by atoms with Crippen LogP contribution in [0.4, 0.5) is 0 Å². The SMILES string of the molecule is C[C@@](O)(C(=O)O)c1ccc(Cl)c(Cl)c1. The first kappa shape index (κ1) is 11.3. The Balaban J connectivity index is 3.21. The summed E-state index contributed by atoms with van der Waals surface area (Å²) in [4.78, 5) is 10.7. The molecule has 1 rings (SSSR count). The lowest BCUT2D eigenvalue weighted by molar-refractivity contribution is -0.157. The van der Waals surface area contributed by atoms with E-state index in [4.69, 9.17) is 28.3 Å². The zero-order valence-corrected chi connectivity index (χ0v) is 8.80. The average Bonchev–Trinajstić information content (AvgIpc) is 2.09. The van der Waals surface area contributed by atoms with Crippen LogP contribution in [-0.2, 0) is 10.4 Å². The van der Waals surface area contributed by atoms with Crippen LogP contribution in [-0.4, -0.2) is 16.2 Å². The van der Waals surface area contributed by atoms with Gasteiger partial charge < -0.3 is 10.2 Å². The van der Waals surface area contributed by atoms with Gasteiger partial charge in [0.15, 0.2) is 5.60 Å². The van der Waals surface area contributed by atoms with Gasteiger partial charge in [-0.2, -0.15) is 0 Å². The largest absolute Gasteiger partial charge is 0.479 e. The topological polar surface area (TPSA) is 57.5 Å². The van der Waals surface area contributed by atoms with Crippen molar-refractivity contribution in [2.45, 2.75) is 12.5 Å². The van der Waals surface area contributed by atoms with Crippen molar-refractivity contribution < 1.29 is 15.0 Å². The summed E-state index contributed by atoms with van der Waals surface area (Å²) >= 11 is 11.3. The van der Waals surface area contributed by atoms with E-state index in [1.807, 2.05) is 0 Å².